The summed E-state index contributed by atoms with van der Waals surface area (Å²) in [4.78, 5) is 20.2. The minimum Gasteiger partial charge on any atom is -0.435 e. The highest BCUT2D eigenvalue weighted by atomic mass is 35.5. The molecule has 0 aliphatic rings. The lowest BCUT2D eigenvalue weighted by atomic mass is 10.1. The Hall–Kier alpha value is -2.80. The Bertz CT molecular complexity index is 929. The first-order valence-corrected chi connectivity index (χ1v) is 7.61. The third-order valence-corrected chi connectivity index (χ3v) is 3.41. The molecule has 0 radical (unpaired) electrons. The average Bonchev–Trinajstić information content (AvgIpc) is 3.04. The van der Waals surface area contributed by atoms with Gasteiger partial charge in [-0.25, -0.2) is 9.67 Å². The van der Waals surface area contributed by atoms with Crippen LogP contribution in [0, 0.1) is 0 Å². The Balaban J connectivity index is 0.000000758. The highest BCUT2D eigenvalue weighted by Crippen LogP contribution is 2.30. The molecule has 10 heteroatoms. The van der Waals surface area contributed by atoms with Gasteiger partial charge in [0.05, 0.1) is 17.6 Å². The van der Waals surface area contributed by atoms with E-state index in [9.17, 15) is 8.78 Å². The summed E-state index contributed by atoms with van der Waals surface area (Å²) < 4.78 is 30.8. The lowest BCUT2D eigenvalue weighted by Crippen LogP contribution is -2.03. The SMILES string of the molecule is FC(F)Oc1cc(Cl)cc(-c2ccnn2-c2ccnc(Cl)c2)c1.O=C=O. The molecule has 0 aliphatic carbocycles. The minimum absolute atomic E-state index is 0.0250. The molecule has 0 amide bonds. The number of hydrogen-bond donors (Lipinski definition) is 0. The molecule has 26 heavy (non-hydrogen) atoms. The van der Waals surface area contributed by atoms with Gasteiger partial charge in [0.25, 0.3) is 0 Å². The van der Waals surface area contributed by atoms with Crippen LogP contribution in [0.3, 0.4) is 0 Å². The average molecular weight is 400 g/mol. The van der Waals surface area contributed by atoms with Gasteiger partial charge in [0, 0.05) is 22.8 Å². The second kappa shape index (κ2) is 9.05. The van der Waals surface area contributed by atoms with E-state index in [1.165, 1.54) is 12.1 Å². The van der Waals surface area contributed by atoms with Crippen LogP contribution in [-0.4, -0.2) is 27.5 Å². The Labute approximate surface area is 155 Å². The largest absolute Gasteiger partial charge is 0.435 e. The summed E-state index contributed by atoms with van der Waals surface area (Å²) in [6, 6.07) is 9.51. The lowest BCUT2D eigenvalue weighted by molar-refractivity contribution is -0.191. The third kappa shape index (κ3) is 5.10. The second-order valence-electron chi connectivity index (χ2n) is 4.60. The predicted molar refractivity (Wildman–Crippen MR) is 88.5 cm³/mol. The van der Waals surface area contributed by atoms with E-state index >= 15 is 0 Å². The first kappa shape index (κ1) is 19.5. The molecule has 0 bridgehead atoms. The van der Waals surface area contributed by atoms with Gasteiger partial charge in [-0.1, -0.05) is 23.2 Å². The van der Waals surface area contributed by atoms with Crippen molar-refractivity contribution >= 4 is 29.4 Å². The van der Waals surface area contributed by atoms with Crippen LogP contribution in [0.1, 0.15) is 0 Å². The van der Waals surface area contributed by atoms with E-state index in [1.54, 1.807) is 41.3 Å². The van der Waals surface area contributed by atoms with Crippen LogP contribution in [0.15, 0.2) is 48.8 Å². The summed E-state index contributed by atoms with van der Waals surface area (Å²) in [6.45, 7) is -2.93. The molecule has 134 valence electrons. The summed E-state index contributed by atoms with van der Waals surface area (Å²) in [5.41, 5.74) is 1.91. The molecule has 0 spiro atoms. The van der Waals surface area contributed by atoms with E-state index in [1.807, 2.05) is 0 Å². The number of carbonyl (C=O) groups excluding carboxylic acids is 2. The van der Waals surface area contributed by atoms with E-state index in [-0.39, 0.29) is 16.9 Å². The zero-order valence-corrected chi connectivity index (χ0v) is 14.3. The highest BCUT2D eigenvalue weighted by Gasteiger charge is 2.12. The number of halogens is 4. The van der Waals surface area contributed by atoms with Gasteiger partial charge in [0.2, 0.25) is 0 Å². The zero-order chi connectivity index (χ0) is 19.1. The number of ether oxygens (including phenoxy) is 1. The number of rotatable bonds is 4. The normalized spacial score (nSPS) is 10.0. The molecule has 2 aromatic heterocycles. The van der Waals surface area contributed by atoms with Crippen LogP contribution < -0.4 is 4.74 Å². The summed E-state index contributed by atoms with van der Waals surface area (Å²) >= 11 is 11.9. The van der Waals surface area contributed by atoms with Gasteiger partial charge in [0.15, 0.2) is 0 Å². The number of pyridine rings is 1. The molecule has 3 rings (SSSR count). The van der Waals surface area contributed by atoms with Crippen LogP contribution >= 0.6 is 23.2 Å². The van der Waals surface area contributed by atoms with Crippen molar-refractivity contribution in [3.8, 4) is 22.7 Å². The first-order chi connectivity index (χ1) is 12.4. The van der Waals surface area contributed by atoms with Crippen molar-refractivity contribution in [1.82, 2.24) is 14.8 Å². The second-order valence-corrected chi connectivity index (χ2v) is 5.43. The minimum atomic E-state index is -2.93. The van der Waals surface area contributed by atoms with Crippen molar-refractivity contribution in [3.05, 3.63) is 59.0 Å². The Morgan fingerprint density at radius 3 is 2.46 bits per heavy atom. The molecule has 0 N–H and O–H groups in total. The summed E-state index contributed by atoms with van der Waals surface area (Å²) in [5, 5.41) is 4.82. The highest BCUT2D eigenvalue weighted by molar-refractivity contribution is 6.31. The first-order valence-electron chi connectivity index (χ1n) is 6.85. The van der Waals surface area contributed by atoms with E-state index in [2.05, 4.69) is 14.8 Å². The summed E-state index contributed by atoms with van der Waals surface area (Å²) in [5.74, 6) is -0.0250. The number of alkyl halides is 2. The van der Waals surface area contributed by atoms with Crippen LogP contribution in [0.4, 0.5) is 8.78 Å². The van der Waals surface area contributed by atoms with Gasteiger partial charge in [-0.3, -0.25) is 0 Å². The van der Waals surface area contributed by atoms with Gasteiger partial charge in [-0.05, 0) is 30.3 Å². The third-order valence-electron chi connectivity index (χ3n) is 2.99. The van der Waals surface area contributed by atoms with Crippen LogP contribution in [-0.2, 0) is 9.59 Å². The Morgan fingerprint density at radius 2 is 1.81 bits per heavy atom. The molecular weight excluding hydrogens is 391 g/mol. The Kier molecular flexibility index (Phi) is 6.80. The molecule has 0 saturated carbocycles. The van der Waals surface area contributed by atoms with Crippen LogP contribution in [0.5, 0.6) is 5.75 Å². The molecule has 6 nitrogen and oxygen atoms in total. The number of aromatic nitrogens is 3. The van der Waals surface area contributed by atoms with Gasteiger partial charge in [0.1, 0.15) is 10.9 Å². The van der Waals surface area contributed by atoms with E-state index < -0.39 is 6.61 Å². The van der Waals surface area contributed by atoms with Crippen LogP contribution in [0.25, 0.3) is 16.9 Å². The summed E-state index contributed by atoms with van der Waals surface area (Å²) in [7, 11) is 0. The fourth-order valence-corrected chi connectivity index (χ4v) is 2.53. The maximum absolute atomic E-state index is 12.4. The van der Waals surface area contributed by atoms with Crippen molar-refractivity contribution in [3.63, 3.8) is 0 Å². The Morgan fingerprint density at radius 1 is 1.08 bits per heavy atom. The molecular formula is C16H9Cl2F2N3O3. The molecule has 0 fully saturated rings. The number of hydrogen-bond acceptors (Lipinski definition) is 5. The molecule has 0 aliphatic heterocycles. The quantitative estimate of drug-likeness (QED) is 0.612. The molecule has 2 heterocycles. The zero-order valence-electron chi connectivity index (χ0n) is 12.8. The van der Waals surface area contributed by atoms with Crippen molar-refractivity contribution in [1.29, 1.82) is 0 Å². The van der Waals surface area contributed by atoms with E-state index in [0.29, 0.717) is 22.1 Å². The fourth-order valence-electron chi connectivity index (χ4n) is 2.13. The monoisotopic (exact) mass is 399 g/mol. The van der Waals surface area contributed by atoms with Gasteiger partial charge in [-0.15, -0.1) is 0 Å². The van der Waals surface area contributed by atoms with E-state index in [4.69, 9.17) is 32.8 Å². The molecule has 1 aromatic carbocycles. The van der Waals surface area contributed by atoms with Crippen LogP contribution in [0.2, 0.25) is 10.2 Å². The van der Waals surface area contributed by atoms with Crippen molar-refractivity contribution < 1.29 is 23.1 Å². The molecule has 3 aromatic rings. The van der Waals surface area contributed by atoms with Crippen molar-refractivity contribution in [2.45, 2.75) is 6.61 Å². The maximum atomic E-state index is 12.4. The smallest absolute Gasteiger partial charge is 0.387 e. The standard InChI is InChI=1S/C15H9Cl2F2N3O.CO2/c16-10-5-9(6-12(7-10)23-15(18)19)13-2-4-21-22(13)11-1-3-20-14(17)8-11;2-1-3/h1-8,15H;. The van der Waals surface area contributed by atoms with Gasteiger partial charge in [-0.2, -0.15) is 23.5 Å². The molecule has 0 saturated heterocycles. The molecule has 0 atom stereocenters. The van der Waals surface area contributed by atoms with Crippen molar-refractivity contribution in [2.24, 2.45) is 0 Å². The van der Waals surface area contributed by atoms with Gasteiger partial charge >= 0.3 is 12.8 Å². The van der Waals surface area contributed by atoms with Crippen molar-refractivity contribution in [2.75, 3.05) is 0 Å². The van der Waals surface area contributed by atoms with Gasteiger partial charge < -0.3 is 4.74 Å². The number of nitrogens with zero attached hydrogens (tertiary/aromatic N) is 3. The topological polar surface area (TPSA) is 74.1 Å². The predicted octanol–water partition coefficient (Wildman–Crippen LogP) is 4.26. The maximum Gasteiger partial charge on any atom is 0.387 e. The van der Waals surface area contributed by atoms with E-state index in [0.717, 1.165) is 0 Å². The fraction of sp³-hybridized carbons (Fsp3) is 0.0625. The molecule has 0 unspecified atom stereocenters. The number of benzene rings is 1. The lowest BCUT2D eigenvalue weighted by Gasteiger charge is -2.10. The summed E-state index contributed by atoms with van der Waals surface area (Å²) in [6.07, 6.45) is 3.38.